The second-order valence-corrected chi connectivity index (χ2v) is 9.00. The summed E-state index contributed by atoms with van der Waals surface area (Å²) in [4.78, 5) is 4.16. The number of nitrogens with zero attached hydrogens (tertiary/aromatic N) is 1. The van der Waals surface area contributed by atoms with Crippen molar-refractivity contribution in [2.75, 3.05) is 31.6 Å². The largest absolute Gasteiger partial charge is 0.356 e. The molecule has 0 aliphatic rings. The van der Waals surface area contributed by atoms with E-state index in [1.807, 2.05) is 0 Å². The van der Waals surface area contributed by atoms with Gasteiger partial charge in [0.25, 0.3) is 0 Å². The van der Waals surface area contributed by atoms with Crippen LogP contribution in [-0.2, 0) is 21.7 Å². The van der Waals surface area contributed by atoms with Gasteiger partial charge < -0.3 is 10.6 Å². The minimum absolute atomic E-state index is 0.0562. The molecule has 24 heavy (non-hydrogen) atoms. The maximum atomic E-state index is 11.5. The molecule has 0 fully saturated rings. The smallest absolute Gasteiger partial charge is 0.191 e. The Morgan fingerprint density at radius 1 is 1.12 bits per heavy atom. The van der Waals surface area contributed by atoms with Crippen molar-refractivity contribution in [2.45, 2.75) is 39.5 Å². The molecule has 0 saturated heterocycles. The summed E-state index contributed by atoms with van der Waals surface area (Å²) in [6.07, 6.45) is 1.04. The summed E-state index contributed by atoms with van der Waals surface area (Å²) in [5, 5.41) is 6.35. The van der Waals surface area contributed by atoms with Crippen molar-refractivity contribution < 1.29 is 8.42 Å². The zero-order valence-electron chi connectivity index (χ0n) is 15.5. The number of sulfone groups is 1. The molecule has 0 atom stereocenters. The van der Waals surface area contributed by atoms with Gasteiger partial charge in [0.2, 0.25) is 0 Å². The van der Waals surface area contributed by atoms with E-state index in [1.54, 1.807) is 14.0 Å². The van der Waals surface area contributed by atoms with Crippen LogP contribution in [0.4, 0.5) is 0 Å². The second kappa shape index (κ2) is 9.06. The molecule has 0 aliphatic carbocycles. The van der Waals surface area contributed by atoms with Gasteiger partial charge in [0.1, 0.15) is 0 Å². The predicted octanol–water partition coefficient (Wildman–Crippen LogP) is 2.13. The van der Waals surface area contributed by atoms with Crippen LogP contribution in [0.25, 0.3) is 0 Å². The highest BCUT2D eigenvalue weighted by molar-refractivity contribution is 7.91. The summed E-state index contributed by atoms with van der Waals surface area (Å²) in [5.41, 5.74) is 2.53. The summed E-state index contributed by atoms with van der Waals surface area (Å²) in [7, 11) is -1.27. The minimum Gasteiger partial charge on any atom is -0.356 e. The fraction of sp³-hybridized carbons (Fsp3) is 0.611. The van der Waals surface area contributed by atoms with Crippen LogP contribution in [0.2, 0.25) is 0 Å². The van der Waals surface area contributed by atoms with E-state index in [0.29, 0.717) is 19.0 Å². The molecule has 2 N–H and O–H groups in total. The van der Waals surface area contributed by atoms with Gasteiger partial charge in [0.15, 0.2) is 15.8 Å². The number of guanidine groups is 1. The van der Waals surface area contributed by atoms with Gasteiger partial charge >= 0.3 is 0 Å². The topological polar surface area (TPSA) is 70.6 Å². The maximum absolute atomic E-state index is 11.5. The molecule has 1 rings (SSSR count). The number of hydrogen-bond donors (Lipinski definition) is 2. The maximum Gasteiger partial charge on any atom is 0.191 e. The molecule has 0 unspecified atom stereocenters. The first-order chi connectivity index (χ1) is 11.2. The molecule has 0 radical (unpaired) electrons. The lowest BCUT2D eigenvalue weighted by Gasteiger charge is -2.27. The Balaban J connectivity index is 2.57. The SMILES string of the molecule is CCc1ccc(C(C)(C)CNC(=NC)NCCS(=O)(=O)CC)cc1. The Morgan fingerprint density at radius 3 is 2.25 bits per heavy atom. The first-order valence-corrected chi connectivity index (χ1v) is 10.3. The molecule has 0 saturated carbocycles. The highest BCUT2D eigenvalue weighted by atomic mass is 32.2. The Labute approximate surface area is 146 Å². The van der Waals surface area contributed by atoms with Gasteiger partial charge in [-0.25, -0.2) is 8.42 Å². The van der Waals surface area contributed by atoms with E-state index < -0.39 is 9.84 Å². The zero-order valence-corrected chi connectivity index (χ0v) is 16.3. The molecule has 136 valence electrons. The van der Waals surface area contributed by atoms with E-state index in [2.05, 4.69) is 60.7 Å². The van der Waals surface area contributed by atoms with Gasteiger partial charge in [-0.3, -0.25) is 4.99 Å². The monoisotopic (exact) mass is 353 g/mol. The molecule has 1 aromatic carbocycles. The van der Waals surface area contributed by atoms with Crippen LogP contribution in [0.3, 0.4) is 0 Å². The van der Waals surface area contributed by atoms with Crippen molar-refractivity contribution in [3.63, 3.8) is 0 Å². The average molecular weight is 354 g/mol. The zero-order chi connectivity index (χ0) is 18.2. The molecule has 1 aromatic rings. The molecular weight excluding hydrogens is 322 g/mol. The van der Waals surface area contributed by atoms with Gasteiger partial charge in [0, 0.05) is 31.3 Å². The van der Waals surface area contributed by atoms with Crippen molar-refractivity contribution in [3.05, 3.63) is 35.4 Å². The van der Waals surface area contributed by atoms with Gasteiger partial charge in [-0.2, -0.15) is 0 Å². The van der Waals surface area contributed by atoms with E-state index in [-0.39, 0.29) is 16.9 Å². The highest BCUT2D eigenvalue weighted by Crippen LogP contribution is 2.22. The summed E-state index contributed by atoms with van der Waals surface area (Å²) in [6.45, 7) is 9.23. The molecule has 0 aliphatic heterocycles. The number of hydrogen-bond acceptors (Lipinski definition) is 3. The Bertz CT molecular complexity index is 635. The third-order valence-electron chi connectivity index (χ3n) is 4.21. The quantitative estimate of drug-likeness (QED) is 0.555. The van der Waals surface area contributed by atoms with E-state index in [4.69, 9.17) is 0 Å². The number of aliphatic imine (C=N–C) groups is 1. The Hall–Kier alpha value is -1.56. The summed E-state index contributed by atoms with van der Waals surface area (Å²) in [6, 6.07) is 8.68. The first kappa shape index (κ1) is 20.5. The molecule has 0 spiro atoms. The van der Waals surface area contributed by atoms with Crippen molar-refractivity contribution in [1.29, 1.82) is 0 Å². The molecule has 6 heteroatoms. The van der Waals surface area contributed by atoms with Crippen molar-refractivity contribution in [2.24, 2.45) is 4.99 Å². The van der Waals surface area contributed by atoms with E-state index in [9.17, 15) is 8.42 Å². The van der Waals surface area contributed by atoms with Crippen LogP contribution < -0.4 is 10.6 Å². The number of aryl methyl sites for hydroxylation is 1. The number of nitrogens with one attached hydrogen (secondary N) is 2. The molecule has 0 aromatic heterocycles. The second-order valence-electron chi connectivity index (χ2n) is 6.52. The predicted molar refractivity (Wildman–Crippen MR) is 103 cm³/mol. The summed E-state index contributed by atoms with van der Waals surface area (Å²) < 4.78 is 23.0. The third kappa shape index (κ3) is 6.51. The fourth-order valence-corrected chi connectivity index (χ4v) is 2.99. The fourth-order valence-electron chi connectivity index (χ4n) is 2.29. The summed E-state index contributed by atoms with van der Waals surface area (Å²) in [5.74, 6) is 0.910. The van der Waals surface area contributed by atoms with E-state index in [0.717, 1.165) is 6.42 Å². The molecule has 0 bridgehead atoms. The van der Waals surface area contributed by atoms with Crippen LogP contribution in [-0.4, -0.2) is 46.0 Å². The van der Waals surface area contributed by atoms with Crippen molar-refractivity contribution in [1.82, 2.24) is 10.6 Å². The van der Waals surface area contributed by atoms with Crippen molar-refractivity contribution >= 4 is 15.8 Å². The Morgan fingerprint density at radius 2 is 1.75 bits per heavy atom. The van der Waals surface area contributed by atoms with Crippen molar-refractivity contribution in [3.8, 4) is 0 Å². The average Bonchev–Trinajstić information content (AvgIpc) is 2.57. The normalized spacial score (nSPS) is 13.0. The standard InChI is InChI=1S/C18H31N3O2S/c1-6-15-8-10-16(11-9-15)18(3,4)14-21-17(19-5)20-12-13-24(22,23)7-2/h8-11H,6-7,12-14H2,1-5H3,(H2,19,20,21). The lowest BCUT2D eigenvalue weighted by molar-refractivity contribution is 0.509. The highest BCUT2D eigenvalue weighted by Gasteiger charge is 2.21. The van der Waals surface area contributed by atoms with Crippen LogP contribution in [0.5, 0.6) is 0 Å². The third-order valence-corrected chi connectivity index (χ3v) is 5.92. The van der Waals surface area contributed by atoms with Crippen LogP contribution >= 0.6 is 0 Å². The van der Waals surface area contributed by atoms with Crippen LogP contribution in [0.15, 0.2) is 29.3 Å². The van der Waals surface area contributed by atoms with Gasteiger partial charge in [-0.15, -0.1) is 0 Å². The lowest BCUT2D eigenvalue weighted by atomic mass is 9.84. The molecule has 5 nitrogen and oxygen atoms in total. The van der Waals surface area contributed by atoms with Gasteiger partial charge in [-0.1, -0.05) is 52.0 Å². The van der Waals surface area contributed by atoms with Gasteiger partial charge in [0.05, 0.1) is 5.75 Å². The minimum atomic E-state index is -2.96. The van der Waals surface area contributed by atoms with E-state index >= 15 is 0 Å². The Kier molecular flexibility index (Phi) is 7.73. The lowest BCUT2D eigenvalue weighted by Crippen LogP contribution is -2.44. The van der Waals surface area contributed by atoms with Crippen LogP contribution in [0, 0.1) is 0 Å². The molecular formula is C18H31N3O2S. The first-order valence-electron chi connectivity index (χ1n) is 8.48. The number of rotatable bonds is 8. The molecule has 0 amide bonds. The van der Waals surface area contributed by atoms with Gasteiger partial charge in [-0.05, 0) is 17.5 Å². The van der Waals surface area contributed by atoms with Crippen LogP contribution in [0.1, 0.15) is 38.8 Å². The summed E-state index contributed by atoms with van der Waals surface area (Å²) >= 11 is 0. The number of benzene rings is 1. The molecule has 0 heterocycles. The van der Waals surface area contributed by atoms with E-state index in [1.165, 1.54) is 11.1 Å².